The largest absolute Gasteiger partial charge is 0.370 e. The summed E-state index contributed by atoms with van der Waals surface area (Å²) in [6.07, 6.45) is -0.000152. The van der Waals surface area contributed by atoms with Crippen molar-refractivity contribution in [3.05, 3.63) is 24.3 Å². The Labute approximate surface area is 124 Å². The molecule has 8 heteroatoms. The van der Waals surface area contributed by atoms with Gasteiger partial charge in [0.25, 0.3) is 0 Å². The number of benzene rings is 1. The van der Waals surface area contributed by atoms with Crippen molar-refractivity contribution in [2.24, 2.45) is 5.73 Å². The Hall–Kier alpha value is -1.93. The number of nitrogens with zero attached hydrogens (tertiary/aromatic N) is 2. The van der Waals surface area contributed by atoms with E-state index in [0.717, 1.165) is 4.31 Å². The number of nitrogens with two attached hydrogens (primary N) is 1. The van der Waals surface area contributed by atoms with Crippen LogP contribution in [0.1, 0.15) is 12.8 Å². The summed E-state index contributed by atoms with van der Waals surface area (Å²) < 4.78 is 25.0. The SMILES string of the molecule is CN(C(=O)CCC(N)=O)c1ccc(S(=O)(=O)N(C)C)cc1. The van der Waals surface area contributed by atoms with Gasteiger partial charge in [-0.05, 0) is 24.3 Å². The van der Waals surface area contributed by atoms with E-state index >= 15 is 0 Å². The van der Waals surface area contributed by atoms with Crippen molar-refractivity contribution in [2.45, 2.75) is 17.7 Å². The molecule has 0 aliphatic rings. The van der Waals surface area contributed by atoms with Crippen LogP contribution in [0, 0.1) is 0 Å². The molecule has 0 aromatic heterocycles. The number of primary amides is 1. The smallest absolute Gasteiger partial charge is 0.242 e. The zero-order valence-electron chi connectivity index (χ0n) is 12.2. The first kappa shape index (κ1) is 17.1. The first-order valence-corrected chi connectivity index (χ1v) is 7.67. The van der Waals surface area contributed by atoms with Gasteiger partial charge in [0.15, 0.2) is 0 Å². The number of rotatable bonds is 6. The first-order valence-electron chi connectivity index (χ1n) is 6.23. The van der Waals surface area contributed by atoms with Crippen LogP contribution in [-0.2, 0) is 19.6 Å². The molecule has 0 radical (unpaired) electrons. The fourth-order valence-electron chi connectivity index (χ4n) is 1.59. The highest BCUT2D eigenvalue weighted by atomic mass is 32.2. The van der Waals surface area contributed by atoms with E-state index in [1.54, 1.807) is 19.2 Å². The molecule has 0 bridgehead atoms. The number of carbonyl (C=O) groups is 2. The Bertz CT molecular complexity index is 623. The zero-order chi connectivity index (χ0) is 16.2. The van der Waals surface area contributed by atoms with Crippen molar-refractivity contribution in [1.29, 1.82) is 0 Å². The lowest BCUT2D eigenvalue weighted by Crippen LogP contribution is -2.27. The van der Waals surface area contributed by atoms with Gasteiger partial charge in [0.05, 0.1) is 4.90 Å². The van der Waals surface area contributed by atoms with Crippen LogP contribution in [0.15, 0.2) is 29.2 Å². The minimum Gasteiger partial charge on any atom is -0.370 e. The quantitative estimate of drug-likeness (QED) is 0.808. The van der Waals surface area contributed by atoms with Gasteiger partial charge < -0.3 is 10.6 Å². The van der Waals surface area contributed by atoms with E-state index in [1.165, 1.54) is 31.1 Å². The summed E-state index contributed by atoms with van der Waals surface area (Å²) in [6.45, 7) is 0. The zero-order valence-corrected chi connectivity index (χ0v) is 13.1. The second-order valence-electron chi connectivity index (χ2n) is 4.70. The molecule has 0 unspecified atom stereocenters. The van der Waals surface area contributed by atoms with Crippen molar-refractivity contribution in [2.75, 3.05) is 26.0 Å². The Kier molecular flexibility index (Phi) is 5.45. The molecule has 0 aliphatic carbocycles. The minimum absolute atomic E-state index is 0.0174. The number of hydrogen-bond donors (Lipinski definition) is 1. The number of anilines is 1. The summed E-state index contributed by atoms with van der Waals surface area (Å²) in [5.41, 5.74) is 5.54. The first-order chi connectivity index (χ1) is 9.66. The molecule has 1 aromatic rings. The van der Waals surface area contributed by atoms with E-state index in [-0.39, 0.29) is 23.6 Å². The minimum atomic E-state index is -3.49. The third-order valence-electron chi connectivity index (χ3n) is 2.96. The van der Waals surface area contributed by atoms with Gasteiger partial charge in [-0.3, -0.25) is 9.59 Å². The standard InChI is InChI=1S/C13H19N3O4S/c1-15(2)21(19,20)11-6-4-10(5-7-11)16(3)13(18)9-8-12(14)17/h4-7H,8-9H2,1-3H3,(H2,14,17). The monoisotopic (exact) mass is 313 g/mol. The average molecular weight is 313 g/mol. The van der Waals surface area contributed by atoms with Crippen molar-refractivity contribution in [3.63, 3.8) is 0 Å². The molecule has 1 rings (SSSR count). The Balaban J connectivity index is 2.87. The maximum atomic E-state index is 11.9. The van der Waals surface area contributed by atoms with Crippen LogP contribution in [-0.4, -0.2) is 45.7 Å². The molecule has 0 aliphatic heterocycles. The molecular weight excluding hydrogens is 294 g/mol. The second kappa shape index (κ2) is 6.68. The summed E-state index contributed by atoms with van der Waals surface area (Å²) in [7, 11) is 0.956. The summed E-state index contributed by atoms with van der Waals surface area (Å²) in [5, 5.41) is 0. The predicted octanol–water partition coefficient (Wildman–Crippen LogP) is 0.165. The lowest BCUT2D eigenvalue weighted by atomic mass is 10.2. The number of sulfonamides is 1. The Morgan fingerprint density at radius 1 is 1.05 bits per heavy atom. The highest BCUT2D eigenvalue weighted by Gasteiger charge is 2.18. The van der Waals surface area contributed by atoms with Crippen LogP contribution < -0.4 is 10.6 Å². The molecule has 0 fully saturated rings. The van der Waals surface area contributed by atoms with Gasteiger partial charge in [0, 0.05) is 39.7 Å². The van der Waals surface area contributed by atoms with E-state index in [1.807, 2.05) is 0 Å². The fourth-order valence-corrected chi connectivity index (χ4v) is 2.50. The molecule has 1 aromatic carbocycles. The molecule has 0 heterocycles. The topological polar surface area (TPSA) is 101 Å². The third-order valence-corrected chi connectivity index (χ3v) is 4.79. The Morgan fingerprint density at radius 2 is 1.57 bits per heavy atom. The van der Waals surface area contributed by atoms with E-state index in [9.17, 15) is 18.0 Å². The molecular formula is C13H19N3O4S. The lowest BCUT2D eigenvalue weighted by molar-refractivity contribution is -0.123. The summed E-state index contributed by atoms with van der Waals surface area (Å²) in [6, 6.07) is 5.95. The molecule has 0 atom stereocenters. The van der Waals surface area contributed by atoms with Crippen LogP contribution in [0.2, 0.25) is 0 Å². The van der Waals surface area contributed by atoms with Gasteiger partial charge in [-0.1, -0.05) is 0 Å². The van der Waals surface area contributed by atoms with Gasteiger partial charge in [-0.15, -0.1) is 0 Å². The number of hydrogen-bond acceptors (Lipinski definition) is 4. The molecule has 2 N–H and O–H groups in total. The summed E-state index contributed by atoms with van der Waals surface area (Å²) in [5.74, 6) is -0.804. The van der Waals surface area contributed by atoms with Crippen molar-refractivity contribution in [3.8, 4) is 0 Å². The Morgan fingerprint density at radius 3 is 2.00 bits per heavy atom. The van der Waals surface area contributed by atoms with Crippen LogP contribution in [0.5, 0.6) is 0 Å². The average Bonchev–Trinajstić information content (AvgIpc) is 2.43. The molecule has 0 saturated heterocycles. The van der Waals surface area contributed by atoms with Crippen LogP contribution >= 0.6 is 0 Å². The maximum Gasteiger partial charge on any atom is 0.242 e. The van der Waals surface area contributed by atoms with Crippen molar-refractivity contribution >= 4 is 27.5 Å². The van der Waals surface area contributed by atoms with Gasteiger partial charge in [0.2, 0.25) is 21.8 Å². The highest BCUT2D eigenvalue weighted by molar-refractivity contribution is 7.89. The number of carbonyl (C=O) groups excluding carboxylic acids is 2. The van der Waals surface area contributed by atoms with Gasteiger partial charge >= 0.3 is 0 Å². The van der Waals surface area contributed by atoms with Crippen LogP contribution in [0.25, 0.3) is 0 Å². The highest BCUT2D eigenvalue weighted by Crippen LogP contribution is 2.19. The summed E-state index contributed by atoms with van der Waals surface area (Å²) >= 11 is 0. The number of amides is 2. The van der Waals surface area contributed by atoms with Gasteiger partial charge in [0.1, 0.15) is 0 Å². The van der Waals surface area contributed by atoms with Crippen LogP contribution in [0.4, 0.5) is 5.69 Å². The fraction of sp³-hybridized carbons (Fsp3) is 0.385. The predicted molar refractivity (Wildman–Crippen MR) is 79.2 cm³/mol. The third kappa shape index (κ3) is 4.27. The summed E-state index contributed by atoms with van der Waals surface area (Å²) in [4.78, 5) is 24.0. The molecule has 21 heavy (non-hydrogen) atoms. The van der Waals surface area contributed by atoms with Crippen molar-refractivity contribution in [1.82, 2.24) is 4.31 Å². The van der Waals surface area contributed by atoms with Gasteiger partial charge in [-0.2, -0.15) is 0 Å². The van der Waals surface area contributed by atoms with Crippen LogP contribution in [0.3, 0.4) is 0 Å². The van der Waals surface area contributed by atoms with E-state index in [4.69, 9.17) is 5.73 Å². The molecule has 0 saturated carbocycles. The van der Waals surface area contributed by atoms with Crippen molar-refractivity contribution < 1.29 is 18.0 Å². The van der Waals surface area contributed by atoms with E-state index in [2.05, 4.69) is 0 Å². The van der Waals surface area contributed by atoms with E-state index < -0.39 is 15.9 Å². The molecule has 2 amide bonds. The normalized spacial score (nSPS) is 11.4. The molecule has 116 valence electrons. The second-order valence-corrected chi connectivity index (χ2v) is 6.85. The molecule has 0 spiro atoms. The maximum absolute atomic E-state index is 11.9. The van der Waals surface area contributed by atoms with Gasteiger partial charge in [-0.25, -0.2) is 12.7 Å². The van der Waals surface area contributed by atoms with E-state index in [0.29, 0.717) is 5.69 Å². The lowest BCUT2D eigenvalue weighted by Gasteiger charge is -2.18. The molecule has 7 nitrogen and oxygen atoms in total.